The Morgan fingerprint density at radius 1 is 1.26 bits per heavy atom. The van der Waals surface area contributed by atoms with Gasteiger partial charge in [0.25, 0.3) is 5.91 Å². The molecule has 1 amide bonds. The molecule has 0 unspecified atom stereocenters. The molecule has 19 heavy (non-hydrogen) atoms. The number of nitrogens with zero attached hydrogens (tertiary/aromatic N) is 2. The zero-order valence-corrected chi connectivity index (χ0v) is 11.5. The van der Waals surface area contributed by atoms with Crippen LogP contribution in [0.4, 0.5) is 0 Å². The van der Waals surface area contributed by atoms with E-state index in [1.807, 2.05) is 34.7 Å². The van der Waals surface area contributed by atoms with Gasteiger partial charge in [0, 0.05) is 41.3 Å². The van der Waals surface area contributed by atoms with Crippen LogP contribution in [0.1, 0.15) is 29.6 Å². The maximum atomic E-state index is 12.4. The number of aromatic nitrogens is 1. The summed E-state index contributed by atoms with van der Waals surface area (Å²) in [5, 5.41) is 1.96. The third-order valence-corrected chi connectivity index (χ3v) is 4.42. The SMILES string of the molecule is O=C(c1csc(-c2cccnc2)c1)N1CCCCC1. The maximum Gasteiger partial charge on any atom is 0.254 e. The summed E-state index contributed by atoms with van der Waals surface area (Å²) in [6.07, 6.45) is 7.10. The molecule has 0 atom stereocenters. The van der Waals surface area contributed by atoms with Gasteiger partial charge in [-0.3, -0.25) is 9.78 Å². The molecule has 98 valence electrons. The summed E-state index contributed by atoms with van der Waals surface area (Å²) in [5.74, 6) is 0.172. The van der Waals surface area contributed by atoms with E-state index in [1.54, 1.807) is 17.5 Å². The number of carbonyl (C=O) groups excluding carboxylic acids is 1. The highest BCUT2D eigenvalue weighted by atomic mass is 32.1. The number of amides is 1. The average Bonchev–Trinajstić information content (AvgIpc) is 2.98. The zero-order chi connectivity index (χ0) is 13.1. The van der Waals surface area contributed by atoms with Crippen molar-refractivity contribution in [1.29, 1.82) is 0 Å². The van der Waals surface area contributed by atoms with Crippen LogP contribution in [0.3, 0.4) is 0 Å². The summed E-state index contributed by atoms with van der Waals surface area (Å²) in [5.41, 5.74) is 1.89. The van der Waals surface area contributed by atoms with Crippen LogP contribution >= 0.6 is 11.3 Å². The quantitative estimate of drug-likeness (QED) is 0.839. The summed E-state index contributed by atoms with van der Waals surface area (Å²) in [4.78, 5) is 19.6. The Balaban J connectivity index is 1.79. The highest BCUT2D eigenvalue weighted by molar-refractivity contribution is 7.13. The second kappa shape index (κ2) is 5.53. The summed E-state index contributed by atoms with van der Waals surface area (Å²) in [6.45, 7) is 1.80. The number of thiophene rings is 1. The number of hydrogen-bond donors (Lipinski definition) is 0. The number of likely N-dealkylation sites (tertiary alicyclic amines) is 1. The molecule has 3 nitrogen and oxygen atoms in total. The van der Waals surface area contributed by atoms with Gasteiger partial charge in [0.15, 0.2) is 0 Å². The lowest BCUT2D eigenvalue weighted by atomic mass is 10.1. The fourth-order valence-electron chi connectivity index (χ4n) is 2.39. The van der Waals surface area contributed by atoms with Crippen LogP contribution in [0.2, 0.25) is 0 Å². The van der Waals surface area contributed by atoms with E-state index in [2.05, 4.69) is 4.98 Å². The van der Waals surface area contributed by atoms with E-state index >= 15 is 0 Å². The van der Waals surface area contributed by atoms with Crippen molar-refractivity contribution in [1.82, 2.24) is 9.88 Å². The Bertz CT molecular complexity index is 559. The molecule has 0 spiro atoms. The van der Waals surface area contributed by atoms with E-state index < -0.39 is 0 Å². The van der Waals surface area contributed by atoms with Crippen molar-refractivity contribution in [3.63, 3.8) is 0 Å². The van der Waals surface area contributed by atoms with E-state index in [9.17, 15) is 4.79 Å². The zero-order valence-electron chi connectivity index (χ0n) is 10.7. The first-order chi connectivity index (χ1) is 9.34. The smallest absolute Gasteiger partial charge is 0.254 e. The molecular weight excluding hydrogens is 256 g/mol. The highest BCUT2D eigenvalue weighted by Crippen LogP contribution is 2.27. The first kappa shape index (κ1) is 12.4. The Morgan fingerprint density at radius 3 is 2.84 bits per heavy atom. The second-order valence-electron chi connectivity index (χ2n) is 4.79. The van der Waals surface area contributed by atoms with Gasteiger partial charge >= 0.3 is 0 Å². The van der Waals surface area contributed by atoms with Crippen molar-refractivity contribution in [2.24, 2.45) is 0 Å². The summed E-state index contributed by atoms with van der Waals surface area (Å²) in [6, 6.07) is 5.92. The lowest BCUT2D eigenvalue weighted by Gasteiger charge is -2.26. The van der Waals surface area contributed by atoms with Crippen molar-refractivity contribution in [3.05, 3.63) is 41.5 Å². The molecular formula is C15H16N2OS. The van der Waals surface area contributed by atoms with Crippen LogP contribution in [0.25, 0.3) is 10.4 Å². The molecule has 0 radical (unpaired) electrons. The average molecular weight is 272 g/mol. The molecule has 1 aliphatic heterocycles. The van der Waals surface area contributed by atoms with Crippen LogP contribution in [0, 0.1) is 0 Å². The number of hydrogen-bond acceptors (Lipinski definition) is 3. The number of pyridine rings is 1. The molecule has 4 heteroatoms. The van der Waals surface area contributed by atoms with E-state index in [-0.39, 0.29) is 5.91 Å². The summed E-state index contributed by atoms with van der Waals surface area (Å²) in [7, 11) is 0. The number of rotatable bonds is 2. The molecule has 1 aliphatic rings. The van der Waals surface area contributed by atoms with Gasteiger partial charge in [-0.2, -0.15) is 0 Å². The molecule has 2 aromatic heterocycles. The molecule has 0 aromatic carbocycles. The van der Waals surface area contributed by atoms with Crippen LogP contribution in [-0.4, -0.2) is 28.9 Å². The van der Waals surface area contributed by atoms with Gasteiger partial charge in [-0.05, 0) is 31.4 Å². The number of piperidine rings is 1. The van der Waals surface area contributed by atoms with E-state index in [0.717, 1.165) is 41.9 Å². The molecule has 3 heterocycles. The minimum atomic E-state index is 0.172. The minimum absolute atomic E-state index is 0.172. The van der Waals surface area contributed by atoms with Gasteiger partial charge in [0.1, 0.15) is 0 Å². The van der Waals surface area contributed by atoms with E-state index in [0.29, 0.717) is 0 Å². The Morgan fingerprint density at radius 2 is 2.11 bits per heavy atom. The molecule has 3 rings (SSSR count). The van der Waals surface area contributed by atoms with Gasteiger partial charge in [0.05, 0.1) is 5.56 Å². The van der Waals surface area contributed by atoms with Crippen molar-refractivity contribution < 1.29 is 4.79 Å². The monoisotopic (exact) mass is 272 g/mol. The third-order valence-electron chi connectivity index (χ3n) is 3.44. The number of carbonyl (C=O) groups is 1. The summed E-state index contributed by atoms with van der Waals surface area (Å²) >= 11 is 1.61. The van der Waals surface area contributed by atoms with Crippen molar-refractivity contribution in [3.8, 4) is 10.4 Å². The lowest BCUT2D eigenvalue weighted by molar-refractivity contribution is 0.0725. The van der Waals surface area contributed by atoms with E-state index in [4.69, 9.17) is 0 Å². The highest BCUT2D eigenvalue weighted by Gasteiger charge is 2.19. The van der Waals surface area contributed by atoms with Gasteiger partial charge in [0.2, 0.25) is 0 Å². The normalized spacial score (nSPS) is 15.5. The van der Waals surface area contributed by atoms with E-state index in [1.165, 1.54) is 6.42 Å². The van der Waals surface area contributed by atoms with Gasteiger partial charge < -0.3 is 4.90 Å². The lowest BCUT2D eigenvalue weighted by Crippen LogP contribution is -2.35. The molecule has 0 bridgehead atoms. The fraction of sp³-hybridized carbons (Fsp3) is 0.333. The predicted octanol–water partition coefficient (Wildman–Crippen LogP) is 3.44. The van der Waals surface area contributed by atoms with Crippen molar-refractivity contribution in [2.75, 3.05) is 13.1 Å². The van der Waals surface area contributed by atoms with Gasteiger partial charge in [-0.25, -0.2) is 0 Å². The molecule has 0 saturated carbocycles. The maximum absolute atomic E-state index is 12.4. The Hall–Kier alpha value is -1.68. The molecule has 1 saturated heterocycles. The topological polar surface area (TPSA) is 33.2 Å². The largest absolute Gasteiger partial charge is 0.339 e. The summed E-state index contributed by atoms with van der Waals surface area (Å²) < 4.78 is 0. The third kappa shape index (κ3) is 2.68. The first-order valence-electron chi connectivity index (χ1n) is 6.63. The molecule has 0 N–H and O–H groups in total. The van der Waals surface area contributed by atoms with Gasteiger partial charge in [-0.1, -0.05) is 6.07 Å². The molecule has 2 aromatic rings. The van der Waals surface area contributed by atoms with Crippen LogP contribution in [0.15, 0.2) is 36.0 Å². The van der Waals surface area contributed by atoms with Crippen LogP contribution in [0.5, 0.6) is 0 Å². The van der Waals surface area contributed by atoms with Crippen LogP contribution < -0.4 is 0 Å². The fourth-order valence-corrected chi connectivity index (χ4v) is 3.26. The Labute approximate surface area is 116 Å². The standard InChI is InChI=1S/C15H16N2OS/c18-15(17-7-2-1-3-8-17)13-9-14(19-11-13)12-5-4-6-16-10-12/h4-6,9-11H,1-3,7-8H2. The first-order valence-corrected chi connectivity index (χ1v) is 7.51. The van der Waals surface area contributed by atoms with Crippen molar-refractivity contribution in [2.45, 2.75) is 19.3 Å². The van der Waals surface area contributed by atoms with Crippen molar-refractivity contribution >= 4 is 17.2 Å². The van der Waals surface area contributed by atoms with Crippen LogP contribution in [-0.2, 0) is 0 Å². The Kier molecular flexibility index (Phi) is 3.60. The molecule has 1 fully saturated rings. The predicted molar refractivity (Wildman–Crippen MR) is 77.3 cm³/mol. The molecule has 0 aliphatic carbocycles. The second-order valence-corrected chi connectivity index (χ2v) is 5.71. The van der Waals surface area contributed by atoms with Gasteiger partial charge in [-0.15, -0.1) is 11.3 Å². The minimum Gasteiger partial charge on any atom is -0.339 e.